The average molecular weight is 331 g/mol. The molecule has 0 atom stereocenters. The van der Waals surface area contributed by atoms with E-state index in [9.17, 15) is 9.18 Å². The summed E-state index contributed by atoms with van der Waals surface area (Å²) in [6.45, 7) is 6.90. The predicted octanol–water partition coefficient (Wildman–Crippen LogP) is 1.80. The molecule has 1 aromatic carbocycles. The van der Waals surface area contributed by atoms with E-state index in [-0.39, 0.29) is 11.7 Å². The van der Waals surface area contributed by atoms with Crippen LogP contribution in [-0.2, 0) is 0 Å². The number of aryl methyl sites for hydroxylation is 1. The molecule has 0 aliphatic carbocycles. The van der Waals surface area contributed by atoms with E-state index >= 15 is 0 Å². The molecule has 1 saturated heterocycles. The number of carbonyl (C=O) groups excluding carboxylic acids is 1. The molecule has 0 saturated carbocycles. The Morgan fingerprint density at radius 3 is 2.75 bits per heavy atom. The van der Waals surface area contributed by atoms with Gasteiger partial charge in [-0.3, -0.25) is 4.79 Å². The van der Waals surface area contributed by atoms with Gasteiger partial charge < -0.3 is 9.80 Å². The summed E-state index contributed by atoms with van der Waals surface area (Å²) in [7, 11) is 2.06. The van der Waals surface area contributed by atoms with Crippen LogP contribution in [0, 0.1) is 19.7 Å². The summed E-state index contributed by atoms with van der Waals surface area (Å²) < 4.78 is 15.1. The normalized spacial score (nSPS) is 16.2. The quantitative estimate of drug-likeness (QED) is 0.842. The Hall–Kier alpha value is -2.28. The number of likely N-dealkylation sites (N-methyl/N-ethyl adjacent to an activating group) is 1. The van der Waals surface area contributed by atoms with Gasteiger partial charge in [0.25, 0.3) is 5.91 Å². The summed E-state index contributed by atoms with van der Waals surface area (Å²) in [5.74, 6) is -0.447. The van der Waals surface area contributed by atoms with Crippen LogP contribution in [0.15, 0.2) is 18.2 Å². The molecular formula is C17H22FN5O. The Labute approximate surface area is 140 Å². The second kappa shape index (κ2) is 6.68. The van der Waals surface area contributed by atoms with Gasteiger partial charge in [0, 0.05) is 19.6 Å². The lowest BCUT2D eigenvalue weighted by atomic mass is 10.2. The molecule has 1 aliphatic rings. The first-order valence-electron chi connectivity index (χ1n) is 8.14. The minimum atomic E-state index is -0.339. The van der Waals surface area contributed by atoms with E-state index in [1.54, 1.807) is 13.0 Å². The number of benzene rings is 1. The third-order valence-electron chi connectivity index (χ3n) is 4.50. The summed E-state index contributed by atoms with van der Waals surface area (Å²) in [5.41, 5.74) is 2.45. The van der Waals surface area contributed by atoms with Crippen LogP contribution in [-0.4, -0.2) is 63.9 Å². The zero-order chi connectivity index (χ0) is 17.3. The highest BCUT2D eigenvalue weighted by Crippen LogP contribution is 2.19. The largest absolute Gasteiger partial charge is 0.336 e. The molecule has 1 amide bonds. The summed E-state index contributed by atoms with van der Waals surface area (Å²) in [6.07, 6.45) is 0.943. The Morgan fingerprint density at radius 2 is 1.96 bits per heavy atom. The molecule has 0 bridgehead atoms. The fraction of sp³-hybridized carbons (Fsp3) is 0.471. The lowest BCUT2D eigenvalue weighted by molar-refractivity contribution is 0.0756. The monoisotopic (exact) mass is 331 g/mol. The highest BCUT2D eigenvalue weighted by Gasteiger charge is 2.24. The van der Waals surface area contributed by atoms with Crippen molar-refractivity contribution in [2.24, 2.45) is 0 Å². The van der Waals surface area contributed by atoms with Crippen LogP contribution in [0.3, 0.4) is 0 Å². The van der Waals surface area contributed by atoms with Crippen molar-refractivity contribution in [3.8, 4) is 5.69 Å². The van der Waals surface area contributed by atoms with Crippen LogP contribution in [0.25, 0.3) is 5.69 Å². The van der Waals surface area contributed by atoms with Gasteiger partial charge >= 0.3 is 0 Å². The van der Waals surface area contributed by atoms with Crippen LogP contribution in [0.5, 0.6) is 0 Å². The second-order valence-corrected chi connectivity index (χ2v) is 6.32. The number of aromatic nitrogens is 3. The van der Waals surface area contributed by atoms with E-state index in [1.165, 1.54) is 16.8 Å². The summed E-state index contributed by atoms with van der Waals surface area (Å²) in [5, 5.41) is 8.16. The van der Waals surface area contributed by atoms with E-state index in [2.05, 4.69) is 22.3 Å². The molecule has 1 fully saturated rings. The maximum absolute atomic E-state index is 13.6. The van der Waals surface area contributed by atoms with E-state index < -0.39 is 0 Å². The van der Waals surface area contributed by atoms with Crippen molar-refractivity contribution in [1.29, 1.82) is 0 Å². The van der Waals surface area contributed by atoms with E-state index in [0.717, 1.165) is 25.1 Å². The number of rotatable bonds is 2. The molecule has 6 nitrogen and oxygen atoms in total. The Bertz CT molecular complexity index is 757. The van der Waals surface area contributed by atoms with Crippen LogP contribution in [0.1, 0.15) is 28.2 Å². The number of halogens is 1. The maximum Gasteiger partial charge on any atom is 0.276 e. The highest BCUT2D eigenvalue weighted by molar-refractivity contribution is 5.93. The fourth-order valence-electron chi connectivity index (χ4n) is 2.97. The minimum absolute atomic E-state index is 0.108. The van der Waals surface area contributed by atoms with Crippen LogP contribution in [0.4, 0.5) is 4.39 Å². The molecular weight excluding hydrogens is 309 g/mol. The lowest BCUT2D eigenvalue weighted by Crippen LogP contribution is -2.35. The Balaban J connectivity index is 1.89. The van der Waals surface area contributed by atoms with Gasteiger partial charge in [-0.1, -0.05) is 11.3 Å². The van der Waals surface area contributed by atoms with Crippen LogP contribution in [0.2, 0.25) is 0 Å². The van der Waals surface area contributed by atoms with Crippen molar-refractivity contribution in [1.82, 2.24) is 24.8 Å². The van der Waals surface area contributed by atoms with Crippen molar-refractivity contribution in [3.05, 3.63) is 41.0 Å². The molecule has 0 unspecified atom stereocenters. The highest BCUT2D eigenvalue weighted by atomic mass is 19.1. The molecule has 0 spiro atoms. The lowest BCUT2D eigenvalue weighted by Gasteiger charge is -2.19. The Kier molecular flexibility index (Phi) is 4.62. The van der Waals surface area contributed by atoms with Gasteiger partial charge in [0.15, 0.2) is 5.69 Å². The average Bonchev–Trinajstić information content (AvgIpc) is 2.79. The van der Waals surface area contributed by atoms with Crippen molar-refractivity contribution >= 4 is 5.91 Å². The zero-order valence-electron chi connectivity index (χ0n) is 14.3. The van der Waals surface area contributed by atoms with Crippen molar-refractivity contribution < 1.29 is 9.18 Å². The number of hydrogen-bond donors (Lipinski definition) is 0. The molecule has 128 valence electrons. The van der Waals surface area contributed by atoms with E-state index in [0.29, 0.717) is 30.2 Å². The van der Waals surface area contributed by atoms with Crippen molar-refractivity contribution in [2.75, 3.05) is 33.2 Å². The predicted molar refractivity (Wildman–Crippen MR) is 88.8 cm³/mol. The minimum Gasteiger partial charge on any atom is -0.336 e. The third-order valence-corrected chi connectivity index (χ3v) is 4.50. The number of carbonyl (C=O) groups is 1. The van der Waals surface area contributed by atoms with Crippen molar-refractivity contribution in [3.63, 3.8) is 0 Å². The van der Waals surface area contributed by atoms with Gasteiger partial charge in [-0.25, -0.2) is 9.07 Å². The first-order chi connectivity index (χ1) is 11.5. The second-order valence-electron chi connectivity index (χ2n) is 6.32. The van der Waals surface area contributed by atoms with Gasteiger partial charge in [-0.15, -0.1) is 5.10 Å². The fourth-order valence-corrected chi connectivity index (χ4v) is 2.97. The summed E-state index contributed by atoms with van der Waals surface area (Å²) >= 11 is 0. The smallest absolute Gasteiger partial charge is 0.276 e. The number of nitrogens with zero attached hydrogens (tertiary/aromatic N) is 5. The molecule has 2 aromatic rings. The topological polar surface area (TPSA) is 54.3 Å². The molecule has 24 heavy (non-hydrogen) atoms. The van der Waals surface area contributed by atoms with Crippen LogP contribution >= 0.6 is 0 Å². The van der Waals surface area contributed by atoms with Gasteiger partial charge in [-0.2, -0.15) is 0 Å². The van der Waals surface area contributed by atoms with Crippen LogP contribution < -0.4 is 0 Å². The summed E-state index contributed by atoms with van der Waals surface area (Å²) in [6, 6.07) is 4.51. The molecule has 7 heteroatoms. The third kappa shape index (κ3) is 3.17. The zero-order valence-corrected chi connectivity index (χ0v) is 14.3. The number of hydrogen-bond acceptors (Lipinski definition) is 4. The molecule has 0 radical (unpaired) electrons. The Morgan fingerprint density at radius 1 is 1.17 bits per heavy atom. The van der Waals surface area contributed by atoms with E-state index in [1.807, 2.05) is 11.8 Å². The molecule has 2 heterocycles. The number of amides is 1. The van der Waals surface area contributed by atoms with Gasteiger partial charge in [0.1, 0.15) is 5.82 Å². The molecule has 1 aliphatic heterocycles. The molecule has 3 rings (SSSR count). The molecule has 0 N–H and O–H groups in total. The SMILES string of the molecule is Cc1ccc(F)cc1-n1nnc(C(=O)N2CCCN(C)CC2)c1C. The van der Waals surface area contributed by atoms with E-state index in [4.69, 9.17) is 0 Å². The van der Waals surface area contributed by atoms with Gasteiger partial charge in [0.05, 0.1) is 11.4 Å². The molecule has 1 aromatic heterocycles. The summed E-state index contributed by atoms with van der Waals surface area (Å²) in [4.78, 5) is 16.8. The first-order valence-corrected chi connectivity index (χ1v) is 8.14. The first kappa shape index (κ1) is 16.6. The standard InChI is InChI=1S/C17H22FN5O/c1-12-5-6-14(18)11-15(12)23-13(2)16(19-20-23)17(24)22-8-4-7-21(3)9-10-22/h5-6,11H,4,7-10H2,1-3H3. The van der Waals surface area contributed by atoms with Gasteiger partial charge in [-0.05, 0) is 51.6 Å². The van der Waals surface area contributed by atoms with Crippen molar-refractivity contribution in [2.45, 2.75) is 20.3 Å². The maximum atomic E-state index is 13.6. The van der Waals surface area contributed by atoms with Gasteiger partial charge in [0.2, 0.25) is 0 Å².